The van der Waals surface area contributed by atoms with Gasteiger partial charge in [0.25, 0.3) is 0 Å². The number of hydrogen-bond donors (Lipinski definition) is 0. The van der Waals surface area contributed by atoms with Crippen LogP contribution in [0, 0.1) is 11.8 Å². The first kappa shape index (κ1) is 15.5. The van der Waals surface area contributed by atoms with E-state index in [1.165, 1.54) is 0 Å². The van der Waals surface area contributed by atoms with Crippen LogP contribution in [0.3, 0.4) is 0 Å². The zero-order chi connectivity index (χ0) is 12.2. The summed E-state index contributed by atoms with van der Waals surface area (Å²) in [6, 6.07) is 0. The molecule has 0 atom stereocenters. The van der Waals surface area contributed by atoms with E-state index in [0.29, 0.717) is 0 Å². The first-order valence-electron chi connectivity index (χ1n) is 6.72. The Morgan fingerprint density at radius 1 is 0.600 bits per heavy atom. The van der Waals surface area contributed by atoms with Gasteiger partial charge in [0.2, 0.25) is 0 Å². The summed E-state index contributed by atoms with van der Waals surface area (Å²) in [6.45, 7) is 19.6. The summed E-state index contributed by atoms with van der Waals surface area (Å²) in [4.78, 5) is 0. The topological polar surface area (TPSA) is 0 Å². The minimum absolute atomic E-state index is 0.897. The predicted molar refractivity (Wildman–Crippen MR) is 75.2 cm³/mol. The van der Waals surface area contributed by atoms with Crippen molar-refractivity contribution in [3.05, 3.63) is 0 Å². The van der Waals surface area contributed by atoms with E-state index in [2.05, 4.69) is 55.4 Å². The molecule has 0 aliphatic rings. The summed E-state index contributed by atoms with van der Waals surface area (Å²) in [7, 11) is 0. The third-order valence-electron chi connectivity index (χ3n) is 3.88. The molecular formula is C14H32Ge. The number of rotatable bonds is 6. The van der Waals surface area contributed by atoms with Gasteiger partial charge in [0.1, 0.15) is 0 Å². The fourth-order valence-electron chi connectivity index (χ4n) is 3.21. The van der Waals surface area contributed by atoms with E-state index in [1.54, 1.807) is 10.5 Å². The van der Waals surface area contributed by atoms with Crippen molar-refractivity contribution in [2.45, 2.75) is 75.4 Å². The van der Waals surface area contributed by atoms with Crippen LogP contribution in [0.5, 0.6) is 0 Å². The summed E-state index contributed by atoms with van der Waals surface area (Å²) in [5.74, 6) is 1.79. The molecule has 0 amide bonds. The molecule has 0 unspecified atom stereocenters. The van der Waals surface area contributed by atoms with Crippen molar-refractivity contribution in [3.63, 3.8) is 0 Å². The van der Waals surface area contributed by atoms with Gasteiger partial charge in [-0.2, -0.15) is 0 Å². The summed E-state index contributed by atoms with van der Waals surface area (Å²) in [6.07, 6.45) is 0. The second-order valence-corrected chi connectivity index (χ2v) is 18.5. The SMILES string of the molecule is CC(C)[CH2][Ge]([CH2]C(C)C)([CH](C)C)[CH](C)C. The van der Waals surface area contributed by atoms with Gasteiger partial charge in [0.05, 0.1) is 0 Å². The van der Waals surface area contributed by atoms with Crippen LogP contribution in [0.1, 0.15) is 55.4 Å². The molecule has 0 aromatic heterocycles. The summed E-state index contributed by atoms with van der Waals surface area (Å²) in [5.41, 5.74) is 0. The van der Waals surface area contributed by atoms with Crippen LogP contribution in [0.2, 0.25) is 20.0 Å². The maximum absolute atomic E-state index is 2.49. The molecule has 0 rings (SSSR count). The molecule has 0 saturated heterocycles. The Morgan fingerprint density at radius 2 is 0.867 bits per heavy atom. The molecule has 0 aliphatic carbocycles. The van der Waals surface area contributed by atoms with Crippen molar-refractivity contribution >= 4 is 13.3 Å². The van der Waals surface area contributed by atoms with Crippen molar-refractivity contribution in [3.8, 4) is 0 Å². The quantitative estimate of drug-likeness (QED) is 0.555. The summed E-state index contributed by atoms with van der Waals surface area (Å²) in [5, 5.41) is 3.13. The standard InChI is InChI=1S/C14H32Ge/c1-11(2)9-15(13(5)6,14(7)8)10-12(3)4/h11-14H,9-10H2,1-8H3. The van der Waals surface area contributed by atoms with Crippen molar-refractivity contribution < 1.29 is 0 Å². The van der Waals surface area contributed by atoms with Gasteiger partial charge in [0, 0.05) is 0 Å². The molecule has 0 fully saturated rings. The third kappa shape index (κ3) is 4.50. The Labute approximate surface area is 101 Å². The molecular weight excluding hydrogens is 241 g/mol. The molecule has 92 valence electrons. The van der Waals surface area contributed by atoms with Crippen molar-refractivity contribution in [2.24, 2.45) is 11.8 Å². The average Bonchev–Trinajstić information content (AvgIpc) is 1.99. The maximum atomic E-state index is 2.49. The molecule has 0 bridgehead atoms. The second kappa shape index (κ2) is 6.32. The number of hydrogen-bond acceptors (Lipinski definition) is 0. The van der Waals surface area contributed by atoms with Crippen LogP contribution in [-0.2, 0) is 0 Å². The molecule has 1 heteroatoms. The van der Waals surface area contributed by atoms with Crippen LogP contribution >= 0.6 is 0 Å². The molecule has 0 aliphatic heterocycles. The first-order chi connectivity index (χ1) is 6.72. The molecule has 0 radical (unpaired) electrons. The fourth-order valence-corrected chi connectivity index (χ4v) is 16.7. The van der Waals surface area contributed by atoms with E-state index in [9.17, 15) is 0 Å². The van der Waals surface area contributed by atoms with Gasteiger partial charge >= 0.3 is 100 Å². The average molecular weight is 273 g/mol. The Bertz CT molecular complexity index is 148. The Hall–Kier alpha value is 0.543. The van der Waals surface area contributed by atoms with Gasteiger partial charge in [-0.05, 0) is 0 Å². The van der Waals surface area contributed by atoms with E-state index in [4.69, 9.17) is 0 Å². The van der Waals surface area contributed by atoms with Crippen LogP contribution < -0.4 is 0 Å². The molecule has 0 spiro atoms. The van der Waals surface area contributed by atoms with Gasteiger partial charge < -0.3 is 0 Å². The van der Waals surface area contributed by atoms with E-state index in [-0.39, 0.29) is 0 Å². The second-order valence-electron chi connectivity index (χ2n) is 6.74. The van der Waals surface area contributed by atoms with Crippen LogP contribution in [-0.4, -0.2) is 13.3 Å². The Kier molecular flexibility index (Phi) is 6.55. The van der Waals surface area contributed by atoms with Gasteiger partial charge in [-0.25, -0.2) is 0 Å². The van der Waals surface area contributed by atoms with Crippen molar-refractivity contribution in [1.29, 1.82) is 0 Å². The Balaban J connectivity index is 4.90. The van der Waals surface area contributed by atoms with Crippen LogP contribution in [0.15, 0.2) is 0 Å². The summed E-state index contributed by atoms with van der Waals surface area (Å²) < 4.78 is 1.96. The molecule has 0 aromatic carbocycles. The summed E-state index contributed by atoms with van der Waals surface area (Å²) >= 11 is -1.64. The first-order valence-corrected chi connectivity index (χ1v) is 12.1. The fraction of sp³-hybridized carbons (Fsp3) is 1.00. The van der Waals surface area contributed by atoms with Gasteiger partial charge in [-0.15, -0.1) is 0 Å². The monoisotopic (exact) mass is 274 g/mol. The van der Waals surface area contributed by atoms with Crippen LogP contribution in [0.25, 0.3) is 0 Å². The third-order valence-corrected chi connectivity index (χ3v) is 20.1. The van der Waals surface area contributed by atoms with E-state index >= 15 is 0 Å². The van der Waals surface area contributed by atoms with Crippen molar-refractivity contribution in [1.82, 2.24) is 0 Å². The zero-order valence-corrected chi connectivity index (χ0v) is 14.3. The van der Waals surface area contributed by atoms with Gasteiger partial charge in [-0.3, -0.25) is 0 Å². The van der Waals surface area contributed by atoms with Crippen molar-refractivity contribution in [2.75, 3.05) is 0 Å². The van der Waals surface area contributed by atoms with E-state index < -0.39 is 13.3 Å². The predicted octanol–water partition coefficient (Wildman–Crippen LogP) is 5.57. The molecule has 15 heavy (non-hydrogen) atoms. The molecule has 0 heterocycles. The van der Waals surface area contributed by atoms with E-state index in [0.717, 1.165) is 21.3 Å². The zero-order valence-electron chi connectivity index (χ0n) is 12.2. The Morgan fingerprint density at radius 3 is 1.00 bits per heavy atom. The van der Waals surface area contributed by atoms with E-state index in [1.807, 2.05) is 0 Å². The molecule has 0 saturated carbocycles. The van der Waals surface area contributed by atoms with Crippen LogP contribution in [0.4, 0.5) is 0 Å². The minimum atomic E-state index is -1.64. The van der Waals surface area contributed by atoms with Gasteiger partial charge in [0.15, 0.2) is 0 Å². The molecule has 0 nitrogen and oxygen atoms in total. The molecule has 0 aromatic rings. The normalized spacial score (nSPS) is 13.6. The van der Waals surface area contributed by atoms with Gasteiger partial charge in [-0.1, -0.05) is 0 Å². The molecule has 0 N–H and O–H groups in total.